The van der Waals surface area contributed by atoms with E-state index in [2.05, 4.69) is 46.4 Å². The molecule has 3 rings (SSSR count). The highest BCUT2D eigenvalue weighted by Crippen LogP contribution is 2.25. The van der Waals surface area contributed by atoms with E-state index in [0.717, 1.165) is 12.2 Å². The van der Waals surface area contributed by atoms with Crippen LogP contribution in [0.15, 0.2) is 54.6 Å². The van der Waals surface area contributed by atoms with Crippen molar-refractivity contribution in [2.45, 2.75) is 13.8 Å². The number of carbonyl (C=O) groups excluding carboxylic acids is 1. The Morgan fingerprint density at radius 1 is 1.00 bits per heavy atom. The van der Waals surface area contributed by atoms with E-state index in [1.165, 1.54) is 19.8 Å². The van der Waals surface area contributed by atoms with E-state index in [4.69, 9.17) is 9.47 Å². The number of hydrogen-bond donors (Lipinski definition) is 1. The fraction of sp³-hybridized carbons (Fsp3) is 0.227. The third-order valence-corrected chi connectivity index (χ3v) is 4.41. The maximum atomic E-state index is 12.6. The van der Waals surface area contributed by atoms with Crippen molar-refractivity contribution in [1.82, 2.24) is 10.2 Å². The first kappa shape index (κ1) is 20.1. The predicted molar refractivity (Wildman–Crippen MR) is 113 cm³/mol. The minimum atomic E-state index is -0.324. The van der Waals surface area contributed by atoms with E-state index in [9.17, 15) is 4.79 Å². The second-order valence-corrected chi connectivity index (χ2v) is 6.42. The van der Waals surface area contributed by atoms with Crippen LogP contribution >= 0.6 is 0 Å². The summed E-state index contributed by atoms with van der Waals surface area (Å²) in [7, 11) is 3.07. The molecule has 29 heavy (non-hydrogen) atoms. The van der Waals surface area contributed by atoms with Gasteiger partial charge in [-0.15, -0.1) is 10.2 Å². The lowest BCUT2D eigenvalue weighted by Gasteiger charge is -2.22. The number of rotatable bonds is 7. The molecule has 0 spiro atoms. The Morgan fingerprint density at radius 3 is 2.28 bits per heavy atom. The van der Waals surface area contributed by atoms with Crippen molar-refractivity contribution in [3.8, 4) is 11.5 Å². The molecule has 1 N–H and O–H groups in total. The Labute approximate surface area is 170 Å². The molecule has 0 atom stereocenters. The highest BCUT2D eigenvalue weighted by Gasteiger charge is 2.13. The summed E-state index contributed by atoms with van der Waals surface area (Å²) in [6, 6.07) is 16.7. The summed E-state index contributed by atoms with van der Waals surface area (Å²) in [5.41, 5.74) is 2.62. The number of methoxy groups -OCH3 is 2. The number of amides is 1. The van der Waals surface area contributed by atoms with Gasteiger partial charge in [-0.05, 0) is 55.8 Å². The second-order valence-electron chi connectivity index (χ2n) is 6.42. The normalized spacial score (nSPS) is 10.3. The van der Waals surface area contributed by atoms with Gasteiger partial charge in [-0.2, -0.15) is 0 Å². The van der Waals surface area contributed by atoms with Crippen molar-refractivity contribution >= 4 is 23.2 Å². The van der Waals surface area contributed by atoms with Crippen LogP contribution in [0, 0.1) is 6.92 Å². The van der Waals surface area contributed by atoms with E-state index in [-0.39, 0.29) is 5.91 Å². The molecule has 7 heteroatoms. The topological polar surface area (TPSA) is 76.6 Å². The number of hydrogen-bond acceptors (Lipinski definition) is 6. The molecule has 3 aromatic rings. The van der Waals surface area contributed by atoms with Crippen LogP contribution < -0.4 is 19.7 Å². The van der Waals surface area contributed by atoms with Gasteiger partial charge in [-0.1, -0.05) is 12.1 Å². The van der Waals surface area contributed by atoms with Crippen LogP contribution in [-0.2, 0) is 0 Å². The van der Waals surface area contributed by atoms with Gasteiger partial charge in [0.25, 0.3) is 5.91 Å². The predicted octanol–water partition coefficient (Wildman–Crippen LogP) is 4.21. The van der Waals surface area contributed by atoms with Crippen LogP contribution in [0.4, 0.5) is 17.3 Å². The third-order valence-electron chi connectivity index (χ3n) is 4.41. The molecule has 0 aliphatic heterocycles. The first-order valence-electron chi connectivity index (χ1n) is 9.26. The molecule has 1 aromatic heterocycles. The van der Waals surface area contributed by atoms with E-state index in [0.29, 0.717) is 28.7 Å². The zero-order chi connectivity index (χ0) is 20.8. The van der Waals surface area contributed by atoms with Crippen molar-refractivity contribution in [2.24, 2.45) is 0 Å². The van der Waals surface area contributed by atoms with Gasteiger partial charge in [0.2, 0.25) is 0 Å². The molecule has 0 saturated heterocycles. The van der Waals surface area contributed by atoms with E-state index < -0.39 is 0 Å². The number of anilines is 3. The van der Waals surface area contributed by atoms with E-state index in [1.54, 1.807) is 24.3 Å². The zero-order valence-corrected chi connectivity index (χ0v) is 17.0. The Bertz CT molecular complexity index is 967. The molecule has 150 valence electrons. The highest BCUT2D eigenvalue weighted by atomic mass is 16.5. The average molecular weight is 392 g/mol. The third kappa shape index (κ3) is 4.82. The number of aryl methyl sites for hydroxylation is 1. The average Bonchev–Trinajstić information content (AvgIpc) is 2.75. The van der Waals surface area contributed by atoms with Crippen molar-refractivity contribution in [2.75, 3.05) is 31.0 Å². The summed E-state index contributed by atoms with van der Waals surface area (Å²) in [5.74, 6) is 1.82. The van der Waals surface area contributed by atoms with Gasteiger partial charge in [-0.25, -0.2) is 0 Å². The first-order chi connectivity index (χ1) is 14.0. The molecule has 1 amide bonds. The summed E-state index contributed by atoms with van der Waals surface area (Å²) in [6.45, 7) is 4.85. The monoisotopic (exact) mass is 392 g/mol. The molecule has 0 fully saturated rings. The molecule has 0 bridgehead atoms. The lowest BCUT2D eigenvalue weighted by Crippen LogP contribution is -2.19. The molecule has 0 aliphatic rings. The molecular formula is C22H24N4O3. The van der Waals surface area contributed by atoms with Gasteiger partial charge >= 0.3 is 0 Å². The van der Waals surface area contributed by atoms with Crippen LogP contribution in [0.3, 0.4) is 0 Å². The minimum Gasteiger partial charge on any atom is -0.497 e. The molecular weight excluding hydrogens is 368 g/mol. The highest BCUT2D eigenvalue weighted by molar-refractivity contribution is 6.04. The van der Waals surface area contributed by atoms with Gasteiger partial charge in [0.15, 0.2) is 11.6 Å². The number of benzene rings is 2. The Morgan fingerprint density at radius 2 is 1.72 bits per heavy atom. The quantitative estimate of drug-likeness (QED) is 0.649. The Balaban J connectivity index is 1.77. The summed E-state index contributed by atoms with van der Waals surface area (Å²) < 4.78 is 10.4. The van der Waals surface area contributed by atoms with Crippen molar-refractivity contribution in [1.29, 1.82) is 0 Å². The van der Waals surface area contributed by atoms with Gasteiger partial charge in [-0.3, -0.25) is 4.79 Å². The molecule has 0 radical (unpaired) electrons. The van der Waals surface area contributed by atoms with E-state index in [1.807, 2.05) is 18.2 Å². The van der Waals surface area contributed by atoms with Crippen molar-refractivity contribution in [3.05, 3.63) is 65.7 Å². The van der Waals surface area contributed by atoms with Gasteiger partial charge in [0.1, 0.15) is 11.5 Å². The Hall–Kier alpha value is -3.61. The molecule has 1 heterocycles. The van der Waals surface area contributed by atoms with Crippen LogP contribution in [0.5, 0.6) is 11.5 Å². The van der Waals surface area contributed by atoms with Crippen LogP contribution in [0.2, 0.25) is 0 Å². The summed E-state index contributed by atoms with van der Waals surface area (Å²) >= 11 is 0. The van der Waals surface area contributed by atoms with Crippen molar-refractivity contribution in [3.63, 3.8) is 0 Å². The number of nitrogens with one attached hydrogen (secondary N) is 1. The van der Waals surface area contributed by atoms with Crippen molar-refractivity contribution < 1.29 is 14.3 Å². The maximum absolute atomic E-state index is 12.6. The first-order valence-corrected chi connectivity index (χ1v) is 9.26. The van der Waals surface area contributed by atoms with Crippen LogP contribution in [0.25, 0.3) is 0 Å². The standard InChI is InChI=1S/C22H24N4O3/c1-5-26(17-8-6-7-15(2)11-17)21-10-9-20(24-25-21)23-22(27)16-12-18(28-3)14-19(13-16)29-4/h6-14H,5H2,1-4H3,(H,23,24,27). The summed E-state index contributed by atoms with van der Waals surface area (Å²) in [6.07, 6.45) is 0. The maximum Gasteiger partial charge on any atom is 0.257 e. The molecule has 0 saturated carbocycles. The lowest BCUT2D eigenvalue weighted by atomic mass is 10.2. The second kappa shape index (κ2) is 9.05. The summed E-state index contributed by atoms with van der Waals surface area (Å²) in [4.78, 5) is 14.6. The van der Waals surface area contributed by atoms with Gasteiger partial charge < -0.3 is 19.7 Å². The SMILES string of the molecule is CCN(c1cccc(C)c1)c1ccc(NC(=O)c2cc(OC)cc(OC)c2)nn1. The van der Waals surface area contributed by atoms with Gasteiger partial charge in [0.05, 0.1) is 14.2 Å². The van der Waals surface area contributed by atoms with Crippen LogP contribution in [-0.4, -0.2) is 36.9 Å². The molecule has 2 aromatic carbocycles. The van der Waals surface area contributed by atoms with Crippen LogP contribution in [0.1, 0.15) is 22.8 Å². The fourth-order valence-electron chi connectivity index (χ4n) is 2.94. The van der Waals surface area contributed by atoms with Gasteiger partial charge in [0, 0.05) is 23.9 Å². The Kier molecular flexibility index (Phi) is 6.29. The zero-order valence-electron chi connectivity index (χ0n) is 17.0. The smallest absolute Gasteiger partial charge is 0.257 e. The molecule has 7 nitrogen and oxygen atoms in total. The molecule has 0 unspecified atom stereocenters. The lowest BCUT2D eigenvalue weighted by molar-refractivity contribution is 0.102. The van der Waals surface area contributed by atoms with E-state index >= 15 is 0 Å². The number of ether oxygens (including phenoxy) is 2. The number of nitrogens with zero attached hydrogens (tertiary/aromatic N) is 3. The number of aromatic nitrogens is 2. The largest absolute Gasteiger partial charge is 0.497 e. The molecule has 0 aliphatic carbocycles. The summed E-state index contributed by atoms with van der Waals surface area (Å²) in [5, 5.41) is 11.2. The fourth-order valence-corrected chi connectivity index (χ4v) is 2.94. The number of carbonyl (C=O) groups is 1. The minimum absolute atomic E-state index is 0.324.